The van der Waals surface area contributed by atoms with Crippen LogP contribution in [0.5, 0.6) is 0 Å². The summed E-state index contributed by atoms with van der Waals surface area (Å²) in [6.07, 6.45) is 1.85. The van der Waals surface area contributed by atoms with E-state index in [4.69, 9.17) is 4.74 Å². The van der Waals surface area contributed by atoms with Gasteiger partial charge in [0.15, 0.2) is 0 Å². The Hall–Kier alpha value is -0.570. The number of hydrogen-bond donors (Lipinski definition) is 1. The summed E-state index contributed by atoms with van der Waals surface area (Å²) >= 11 is 0. The van der Waals surface area contributed by atoms with Crippen LogP contribution in [-0.2, 0) is 4.74 Å². The van der Waals surface area contributed by atoms with Gasteiger partial charge in [-0.15, -0.1) is 0 Å². The standard InChI is InChI=1S/C7H15NO2/c1-4-5-6-10-7(9)8(2)3/h4-6H2,1-3H3/p+1. The number of carbonyl (C=O) groups excluding carboxylic acids is 1. The molecule has 0 aliphatic heterocycles. The summed E-state index contributed by atoms with van der Waals surface area (Å²) in [5, 5.41) is 0. The van der Waals surface area contributed by atoms with Crippen molar-refractivity contribution in [3.63, 3.8) is 0 Å². The Labute approximate surface area is 62.0 Å². The molecule has 3 heteroatoms. The van der Waals surface area contributed by atoms with Crippen LogP contribution in [0.4, 0.5) is 4.79 Å². The Bertz CT molecular complexity index is 102. The fourth-order valence-electron chi connectivity index (χ4n) is 0.454. The van der Waals surface area contributed by atoms with Crippen molar-refractivity contribution < 1.29 is 14.4 Å². The molecule has 0 saturated heterocycles. The molecule has 0 unspecified atom stereocenters. The number of quaternary nitrogens is 1. The van der Waals surface area contributed by atoms with E-state index in [1.54, 1.807) is 14.1 Å². The summed E-state index contributed by atoms with van der Waals surface area (Å²) in [7, 11) is 3.52. The van der Waals surface area contributed by atoms with E-state index in [-0.39, 0.29) is 6.09 Å². The molecule has 1 N–H and O–H groups in total. The van der Waals surface area contributed by atoms with Gasteiger partial charge in [0.25, 0.3) is 0 Å². The second-order valence-electron chi connectivity index (χ2n) is 2.49. The highest BCUT2D eigenvalue weighted by molar-refractivity contribution is 5.56. The first kappa shape index (κ1) is 9.43. The minimum absolute atomic E-state index is 0.173. The van der Waals surface area contributed by atoms with Crippen molar-refractivity contribution >= 4 is 6.09 Å². The Balaban J connectivity index is 3.22. The normalized spacial score (nSPS) is 10.0. The van der Waals surface area contributed by atoms with Crippen LogP contribution in [0.25, 0.3) is 0 Å². The number of nitrogens with one attached hydrogen (secondary N) is 1. The summed E-state index contributed by atoms with van der Waals surface area (Å²) in [5.41, 5.74) is 0. The first-order valence-electron chi connectivity index (χ1n) is 3.65. The van der Waals surface area contributed by atoms with Gasteiger partial charge in [0, 0.05) is 0 Å². The van der Waals surface area contributed by atoms with Crippen molar-refractivity contribution in [1.82, 2.24) is 0 Å². The molecule has 0 bridgehead atoms. The van der Waals surface area contributed by atoms with Crippen molar-refractivity contribution in [2.24, 2.45) is 0 Å². The Morgan fingerprint density at radius 2 is 2.10 bits per heavy atom. The molecule has 3 nitrogen and oxygen atoms in total. The summed E-state index contributed by atoms with van der Waals surface area (Å²) in [6.45, 7) is 2.62. The van der Waals surface area contributed by atoms with Crippen LogP contribution in [0.3, 0.4) is 0 Å². The first-order valence-corrected chi connectivity index (χ1v) is 3.65. The molecule has 0 radical (unpaired) electrons. The number of hydrogen-bond acceptors (Lipinski definition) is 2. The molecule has 0 fully saturated rings. The zero-order valence-corrected chi connectivity index (χ0v) is 6.94. The zero-order chi connectivity index (χ0) is 7.98. The van der Waals surface area contributed by atoms with E-state index in [1.807, 2.05) is 0 Å². The van der Waals surface area contributed by atoms with Crippen LogP contribution in [0.1, 0.15) is 19.8 Å². The lowest BCUT2D eigenvalue weighted by atomic mass is 10.4. The molecule has 0 atom stereocenters. The lowest BCUT2D eigenvalue weighted by Crippen LogP contribution is -3.08. The first-order chi connectivity index (χ1) is 4.68. The van der Waals surface area contributed by atoms with E-state index in [0.717, 1.165) is 17.7 Å². The van der Waals surface area contributed by atoms with E-state index in [9.17, 15) is 4.79 Å². The largest absolute Gasteiger partial charge is 0.513 e. The predicted octanol–water partition coefficient (Wildman–Crippen LogP) is 0.0676. The van der Waals surface area contributed by atoms with Gasteiger partial charge in [0.2, 0.25) is 0 Å². The van der Waals surface area contributed by atoms with Crippen molar-refractivity contribution in [2.75, 3.05) is 20.7 Å². The van der Waals surface area contributed by atoms with E-state index in [0.29, 0.717) is 6.61 Å². The molecule has 10 heavy (non-hydrogen) atoms. The third-order valence-corrected chi connectivity index (χ3v) is 1.14. The van der Waals surface area contributed by atoms with Crippen molar-refractivity contribution in [2.45, 2.75) is 19.8 Å². The molecule has 0 saturated carbocycles. The molecular weight excluding hydrogens is 130 g/mol. The van der Waals surface area contributed by atoms with Gasteiger partial charge in [-0.25, -0.2) is 4.90 Å². The average molecular weight is 146 g/mol. The van der Waals surface area contributed by atoms with Gasteiger partial charge in [-0.2, -0.15) is 4.79 Å². The van der Waals surface area contributed by atoms with Gasteiger partial charge in [0.05, 0.1) is 20.7 Å². The highest BCUT2D eigenvalue weighted by atomic mass is 16.6. The molecule has 0 aliphatic carbocycles. The summed E-state index contributed by atoms with van der Waals surface area (Å²) in [5.74, 6) is 0. The fourth-order valence-corrected chi connectivity index (χ4v) is 0.454. The highest BCUT2D eigenvalue weighted by Crippen LogP contribution is 1.85. The Kier molecular flexibility index (Phi) is 4.94. The summed E-state index contributed by atoms with van der Waals surface area (Å²) in [6, 6.07) is 0. The maximum atomic E-state index is 10.8. The van der Waals surface area contributed by atoms with Crippen LogP contribution >= 0.6 is 0 Å². The Morgan fingerprint density at radius 3 is 2.50 bits per heavy atom. The molecule has 0 heterocycles. The minimum atomic E-state index is -0.173. The zero-order valence-electron chi connectivity index (χ0n) is 6.94. The van der Waals surface area contributed by atoms with E-state index < -0.39 is 0 Å². The van der Waals surface area contributed by atoms with Gasteiger partial charge in [-0.3, -0.25) is 0 Å². The minimum Gasteiger partial charge on any atom is -0.420 e. The number of alkyl carbamates (subject to hydrolysis) is 2. The van der Waals surface area contributed by atoms with Crippen molar-refractivity contribution in [3.05, 3.63) is 0 Å². The molecular formula is C7H16NO2+. The second-order valence-corrected chi connectivity index (χ2v) is 2.49. The van der Waals surface area contributed by atoms with Gasteiger partial charge >= 0.3 is 6.09 Å². The third-order valence-electron chi connectivity index (χ3n) is 1.14. The summed E-state index contributed by atoms with van der Waals surface area (Å²) in [4.78, 5) is 11.5. The summed E-state index contributed by atoms with van der Waals surface area (Å²) < 4.78 is 4.87. The van der Waals surface area contributed by atoms with Crippen LogP contribution in [-0.4, -0.2) is 26.8 Å². The lowest BCUT2D eigenvalue weighted by molar-refractivity contribution is -0.778. The number of carbonyl (C=O) groups is 1. The monoisotopic (exact) mass is 146 g/mol. The van der Waals surface area contributed by atoms with Gasteiger partial charge in [-0.1, -0.05) is 13.3 Å². The number of rotatable bonds is 3. The SMILES string of the molecule is CCCCOC(=O)[NH+](C)C. The molecule has 0 aromatic rings. The number of ether oxygens (including phenoxy) is 1. The van der Waals surface area contributed by atoms with Crippen molar-refractivity contribution in [3.8, 4) is 0 Å². The molecule has 0 spiro atoms. The molecule has 60 valence electrons. The van der Waals surface area contributed by atoms with Crippen LogP contribution in [0.2, 0.25) is 0 Å². The van der Waals surface area contributed by atoms with Gasteiger partial charge in [0.1, 0.15) is 0 Å². The van der Waals surface area contributed by atoms with E-state index >= 15 is 0 Å². The maximum Gasteiger partial charge on any atom is 0.513 e. The van der Waals surface area contributed by atoms with E-state index in [1.165, 1.54) is 0 Å². The molecule has 1 amide bonds. The third kappa shape index (κ3) is 4.32. The number of amides is 1. The van der Waals surface area contributed by atoms with Gasteiger partial charge < -0.3 is 4.74 Å². The second kappa shape index (κ2) is 5.23. The van der Waals surface area contributed by atoms with Crippen LogP contribution < -0.4 is 4.90 Å². The molecule has 0 rings (SSSR count). The molecule has 0 aliphatic rings. The predicted molar refractivity (Wildman–Crippen MR) is 39.1 cm³/mol. The highest BCUT2D eigenvalue weighted by Gasteiger charge is 2.08. The topological polar surface area (TPSA) is 30.7 Å². The van der Waals surface area contributed by atoms with Crippen molar-refractivity contribution in [1.29, 1.82) is 0 Å². The number of unbranched alkanes of at least 4 members (excludes halogenated alkanes) is 1. The van der Waals surface area contributed by atoms with Crippen LogP contribution in [0, 0.1) is 0 Å². The lowest BCUT2D eigenvalue weighted by Gasteiger charge is -2.04. The smallest absolute Gasteiger partial charge is 0.420 e. The quantitative estimate of drug-likeness (QED) is 0.571. The Morgan fingerprint density at radius 1 is 1.50 bits per heavy atom. The molecule has 0 aromatic heterocycles. The maximum absolute atomic E-state index is 10.8. The molecule has 0 aromatic carbocycles. The van der Waals surface area contributed by atoms with Crippen LogP contribution in [0.15, 0.2) is 0 Å². The average Bonchev–Trinajstić information content (AvgIpc) is 1.88. The fraction of sp³-hybridized carbons (Fsp3) is 0.857. The van der Waals surface area contributed by atoms with E-state index in [2.05, 4.69) is 6.92 Å². The van der Waals surface area contributed by atoms with Gasteiger partial charge in [-0.05, 0) is 6.42 Å².